The van der Waals surface area contributed by atoms with Crippen molar-refractivity contribution in [1.82, 2.24) is 0 Å². The molecule has 3 N–H and O–H groups in total. The van der Waals surface area contributed by atoms with Crippen LogP contribution in [0.5, 0.6) is 0 Å². The van der Waals surface area contributed by atoms with Crippen molar-refractivity contribution in [2.45, 2.75) is 12.3 Å². The number of benzene rings is 5. The molecular formula is C35H30N2. The predicted molar refractivity (Wildman–Crippen MR) is 156 cm³/mol. The van der Waals surface area contributed by atoms with E-state index in [9.17, 15) is 0 Å². The number of nitrogens with two attached hydrogens (primary N) is 1. The number of anilines is 2. The smallest absolute Gasteiger partial charge is 0.0515 e. The summed E-state index contributed by atoms with van der Waals surface area (Å²) in [5, 5.41) is 3.65. The van der Waals surface area contributed by atoms with E-state index in [0.717, 1.165) is 11.4 Å². The molecule has 0 amide bonds. The third kappa shape index (κ3) is 4.01. The number of rotatable bonds is 6. The summed E-state index contributed by atoms with van der Waals surface area (Å²) >= 11 is 0. The van der Waals surface area contributed by atoms with Gasteiger partial charge in [0.05, 0.1) is 5.41 Å². The van der Waals surface area contributed by atoms with E-state index < -0.39 is 0 Å². The average molecular weight is 479 g/mol. The van der Waals surface area contributed by atoms with Crippen LogP contribution in [0.15, 0.2) is 145 Å². The summed E-state index contributed by atoms with van der Waals surface area (Å²) in [6, 6.07) is 46.8. The summed E-state index contributed by atoms with van der Waals surface area (Å²) < 4.78 is 0. The van der Waals surface area contributed by atoms with E-state index >= 15 is 0 Å². The Hall–Kier alpha value is -4.56. The van der Waals surface area contributed by atoms with Crippen molar-refractivity contribution >= 4 is 11.4 Å². The molecule has 180 valence electrons. The minimum absolute atomic E-state index is 0.255. The zero-order valence-electron chi connectivity index (χ0n) is 20.9. The number of para-hydroxylation sites is 2. The van der Waals surface area contributed by atoms with E-state index in [1.807, 2.05) is 12.1 Å². The third-order valence-electron chi connectivity index (χ3n) is 7.72. The maximum Gasteiger partial charge on any atom is 0.0515 e. The minimum atomic E-state index is -0.255. The first-order valence-electron chi connectivity index (χ1n) is 12.8. The van der Waals surface area contributed by atoms with Gasteiger partial charge in [-0.05, 0) is 51.4 Å². The summed E-state index contributed by atoms with van der Waals surface area (Å²) in [4.78, 5) is 0. The zero-order chi connectivity index (χ0) is 25.2. The third-order valence-corrected chi connectivity index (χ3v) is 7.72. The molecule has 0 spiro atoms. The first-order valence-corrected chi connectivity index (χ1v) is 12.8. The Morgan fingerprint density at radius 3 is 1.89 bits per heavy atom. The van der Waals surface area contributed by atoms with E-state index in [4.69, 9.17) is 5.73 Å². The van der Waals surface area contributed by atoms with Gasteiger partial charge in [-0.25, -0.2) is 0 Å². The van der Waals surface area contributed by atoms with E-state index in [-0.39, 0.29) is 5.41 Å². The van der Waals surface area contributed by atoms with Crippen molar-refractivity contribution in [3.8, 4) is 22.3 Å². The van der Waals surface area contributed by atoms with E-state index in [0.29, 0.717) is 5.92 Å². The van der Waals surface area contributed by atoms with Gasteiger partial charge in [-0.3, -0.25) is 0 Å². The molecule has 0 saturated heterocycles. The number of hydrogen-bond acceptors (Lipinski definition) is 2. The second kappa shape index (κ2) is 9.48. The van der Waals surface area contributed by atoms with Crippen LogP contribution in [-0.4, -0.2) is 0 Å². The second-order valence-corrected chi connectivity index (χ2v) is 9.72. The summed E-state index contributed by atoms with van der Waals surface area (Å²) in [7, 11) is 0. The fraction of sp³-hybridized carbons (Fsp3) is 0.0857. The van der Waals surface area contributed by atoms with Gasteiger partial charge in [0.25, 0.3) is 0 Å². The lowest BCUT2D eigenvalue weighted by atomic mass is 9.83. The lowest BCUT2D eigenvalue weighted by molar-refractivity contribution is 0.754. The molecule has 0 aliphatic heterocycles. The van der Waals surface area contributed by atoms with Gasteiger partial charge in [0.15, 0.2) is 0 Å². The standard InChI is InChI=1S/C35H30N2/c1-25-32(24-37-34-19-11-8-16-30(34)28-14-6-3-7-15-28)35(25,31-17-9-10-18-33(31)36)29-22-20-27(21-23-29)26-12-4-2-5-13-26/h2-25,37H,36H2,1H3/b32-24+. The Bertz CT molecular complexity index is 1550. The Balaban J connectivity index is 1.40. The summed E-state index contributed by atoms with van der Waals surface area (Å²) in [5.74, 6) is 0.316. The van der Waals surface area contributed by atoms with Crippen molar-refractivity contribution in [2.75, 3.05) is 11.1 Å². The van der Waals surface area contributed by atoms with Crippen LogP contribution in [0.2, 0.25) is 0 Å². The maximum atomic E-state index is 6.59. The first-order chi connectivity index (χ1) is 18.2. The SMILES string of the molecule is CC1/C(=C\Nc2ccccc2-c2ccccc2)C1(c1ccc(-c2ccccc2)cc1)c1ccccc1N. The van der Waals surface area contributed by atoms with E-state index in [1.165, 1.54) is 39.0 Å². The molecule has 0 bridgehead atoms. The number of nitrogens with one attached hydrogen (secondary N) is 1. The molecule has 2 unspecified atom stereocenters. The minimum Gasteiger partial charge on any atom is -0.398 e. The average Bonchev–Trinajstić information content (AvgIpc) is 3.56. The normalized spacial score (nSPS) is 19.5. The highest BCUT2D eigenvalue weighted by molar-refractivity contribution is 5.79. The topological polar surface area (TPSA) is 38.0 Å². The van der Waals surface area contributed by atoms with Crippen LogP contribution in [0.4, 0.5) is 11.4 Å². The molecular weight excluding hydrogens is 448 g/mol. The van der Waals surface area contributed by atoms with Gasteiger partial charge in [0.2, 0.25) is 0 Å². The summed E-state index contributed by atoms with van der Waals surface area (Å²) in [6.45, 7) is 2.30. The van der Waals surface area contributed by atoms with E-state index in [2.05, 4.69) is 140 Å². The number of nitrogen functional groups attached to an aromatic ring is 1. The first kappa shape index (κ1) is 22.9. The van der Waals surface area contributed by atoms with Crippen molar-refractivity contribution in [3.05, 3.63) is 156 Å². The zero-order valence-corrected chi connectivity index (χ0v) is 20.9. The predicted octanol–water partition coefficient (Wildman–Crippen LogP) is 8.53. The molecule has 2 heteroatoms. The largest absolute Gasteiger partial charge is 0.398 e. The highest BCUT2D eigenvalue weighted by atomic mass is 14.9. The van der Waals surface area contributed by atoms with Gasteiger partial charge in [0, 0.05) is 23.1 Å². The van der Waals surface area contributed by atoms with Gasteiger partial charge >= 0.3 is 0 Å². The molecule has 6 rings (SSSR count). The van der Waals surface area contributed by atoms with Crippen molar-refractivity contribution in [2.24, 2.45) is 5.92 Å². The van der Waals surface area contributed by atoms with Gasteiger partial charge in [-0.15, -0.1) is 0 Å². The van der Waals surface area contributed by atoms with Gasteiger partial charge < -0.3 is 11.1 Å². The Kier molecular flexibility index (Phi) is 5.86. The maximum absolute atomic E-state index is 6.59. The molecule has 1 aliphatic rings. The lowest BCUT2D eigenvalue weighted by Gasteiger charge is -2.20. The fourth-order valence-electron chi connectivity index (χ4n) is 5.75. The molecule has 1 fully saturated rings. The molecule has 2 nitrogen and oxygen atoms in total. The van der Waals surface area contributed by atoms with Gasteiger partial charge in [0.1, 0.15) is 0 Å². The van der Waals surface area contributed by atoms with Crippen LogP contribution in [0.1, 0.15) is 18.1 Å². The highest BCUT2D eigenvalue weighted by Gasteiger charge is 2.60. The molecule has 0 aromatic heterocycles. The molecule has 1 saturated carbocycles. The van der Waals surface area contributed by atoms with Crippen LogP contribution >= 0.6 is 0 Å². The van der Waals surface area contributed by atoms with Crippen LogP contribution < -0.4 is 11.1 Å². The van der Waals surface area contributed by atoms with Gasteiger partial charge in [-0.2, -0.15) is 0 Å². The summed E-state index contributed by atoms with van der Waals surface area (Å²) in [6.07, 6.45) is 2.20. The lowest BCUT2D eigenvalue weighted by Crippen LogP contribution is -2.14. The molecule has 0 radical (unpaired) electrons. The van der Waals surface area contributed by atoms with Crippen LogP contribution in [0, 0.1) is 5.92 Å². The Morgan fingerprint density at radius 2 is 1.19 bits per heavy atom. The van der Waals surface area contributed by atoms with Gasteiger partial charge in [-0.1, -0.05) is 128 Å². The Labute approximate surface area is 219 Å². The Morgan fingerprint density at radius 1 is 0.622 bits per heavy atom. The van der Waals surface area contributed by atoms with Crippen molar-refractivity contribution < 1.29 is 0 Å². The second-order valence-electron chi connectivity index (χ2n) is 9.72. The number of allylic oxidation sites excluding steroid dienone is 1. The van der Waals surface area contributed by atoms with Crippen LogP contribution in [0.3, 0.4) is 0 Å². The molecule has 2 atom stereocenters. The van der Waals surface area contributed by atoms with Crippen molar-refractivity contribution in [1.29, 1.82) is 0 Å². The van der Waals surface area contributed by atoms with E-state index in [1.54, 1.807) is 0 Å². The highest BCUT2D eigenvalue weighted by Crippen LogP contribution is 2.64. The fourth-order valence-corrected chi connectivity index (χ4v) is 5.75. The quantitative estimate of drug-likeness (QED) is 0.240. The molecule has 0 heterocycles. The van der Waals surface area contributed by atoms with Crippen molar-refractivity contribution in [3.63, 3.8) is 0 Å². The molecule has 5 aromatic carbocycles. The monoisotopic (exact) mass is 478 g/mol. The van der Waals surface area contributed by atoms with Crippen LogP contribution in [0.25, 0.3) is 22.3 Å². The van der Waals surface area contributed by atoms with Crippen LogP contribution in [-0.2, 0) is 5.41 Å². The molecule has 1 aliphatic carbocycles. The molecule has 37 heavy (non-hydrogen) atoms. The number of hydrogen-bond donors (Lipinski definition) is 2. The molecule has 5 aromatic rings. The summed E-state index contributed by atoms with van der Waals surface area (Å²) in [5.41, 5.74) is 16.8.